The highest BCUT2D eigenvalue weighted by Gasteiger charge is 2.41. The highest BCUT2D eigenvalue weighted by molar-refractivity contribution is 5.73. The molecule has 2 rings (SSSR count). The lowest BCUT2D eigenvalue weighted by Gasteiger charge is -2.45. The molecule has 116 valence electrons. The zero-order valence-corrected chi connectivity index (χ0v) is 12.0. The van der Waals surface area contributed by atoms with E-state index in [1.807, 2.05) is 35.2 Å². The van der Waals surface area contributed by atoms with Crippen molar-refractivity contribution in [1.29, 1.82) is 0 Å². The molecule has 0 aliphatic carbocycles. The Morgan fingerprint density at radius 3 is 2.52 bits per heavy atom. The zero-order chi connectivity index (χ0) is 15.4. The van der Waals surface area contributed by atoms with E-state index in [-0.39, 0.29) is 12.5 Å². The Balaban J connectivity index is 2.14. The van der Waals surface area contributed by atoms with Crippen molar-refractivity contribution < 1.29 is 20.1 Å². The van der Waals surface area contributed by atoms with Gasteiger partial charge in [-0.3, -0.25) is 9.69 Å². The summed E-state index contributed by atoms with van der Waals surface area (Å²) in [6.07, 6.45) is -2.19. The molecule has 4 atom stereocenters. The normalized spacial score (nSPS) is 30.1. The average Bonchev–Trinajstić information content (AvgIpc) is 2.45. The quantitative estimate of drug-likeness (QED) is 0.577. The number of benzene rings is 1. The smallest absolute Gasteiger partial charge is 0.217 e. The predicted molar refractivity (Wildman–Crippen MR) is 77.3 cm³/mol. The van der Waals surface area contributed by atoms with E-state index >= 15 is 0 Å². The number of carbonyl (C=O) groups is 1. The topological polar surface area (TPSA) is 93.0 Å². The maximum atomic E-state index is 11.2. The van der Waals surface area contributed by atoms with Gasteiger partial charge in [-0.2, -0.15) is 0 Å². The van der Waals surface area contributed by atoms with Crippen LogP contribution >= 0.6 is 0 Å². The van der Waals surface area contributed by atoms with Crippen molar-refractivity contribution in [2.24, 2.45) is 0 Å². The van der Waals surface area contributed by atoms with Crippen LogP contribution in [0.4, 0.5) is 0 Å². The first-order valence-electron chi connectivity index (χ1n) is 7.05. The van der Waals surface area contributed by atoms with Crippen molar-refractivity contribution in [3.05, 3.63) is 35.9 Å². The fourth-order valence-electron chi connectivity index (χ4n) is 2.79. The Kier molecular flexibility index (Phi) is 5.30. The fourth-order valence-corrected chi connectivity index (χ4v) is 2.79. The molecule has 6 heteroatoms. The van der Waals surface area contributed by atoms with E-state index in [9.17, 15) is 20.1 Å². The summed E-state index contributed by atoms with van der Waals surface area (Å²) in [6.45, 7) is 2.03. The highest BCUT2D eigenvalue weighted by atomic mass is 16.3. The van der Waals surface area contributed by atoms with Crippen LogP contribution in [-0.4, -0.2) is 63.6 Å². The molecule has 0 bridgehead atoms. The van der Waals surface area contributed by atoms with Crippen LogP contribution < -0.4 is 5.32 Å². The number of carbonyl (C=O) groups excluding carboxylic acids is 1. The third-order valence-corrected chi connectivity index (χ3v) is 3.86. The number of likely N-dealkylation sites (tertiary alicyclic amines) is 1. The Morgan fingerprint density at radius 1 is 1.29 bits per heavy atom. The van der Waals surface area contributed by atoms with Crippen molar-refractivity contribution >= 4 is 5.91 Å². The van der Waals surface area contributed by atoms with Crippen LogP contribution in [0.15, 0.2) is 30.3 Å². The number of aliphatic hydroxyl groups excluding tert-OH is 3. The van der Waals surface area contributed by atoms with Gasteiger partial charge in [0.1, 0.15) is 6.10 Å². The number of piperidine rings is 1. The molecule has 1 amide bonds. The number of amides is 1. The maximum absolute atomic E-state index is 11.2. The van der Waals surface area contributed by atoms with E-state index in [1.54, 1.807) is 0 Å². The van der Waals surface area contributed by atoms with Crippen LogP contribution in [0.2, 0.25) is 0 Å². The lowest BCUT2D eigenvalue weighted by molar-refractivity contribution is -0.129. The number of aliphatic hydroxyl groups is 3. The molecule has 1 heterocycles. The van der Waals surface area contributed by atoms with Gasteiger partial charge in [0.05, 0.1) is 24.8 Å². The third kappa shape index (κ3) is 3.79. The number of rotatable bonds is 4. The Bertz CT molecular complexity index is 468. The molecule has 1 aliphatic heterocycles. The molecule has 6 nitrogen and oxygen atoms in total. The van der Waals surface area contributed by atoms with Gasteiger partial charge in [0.2, 0.25) is 5.91 Å². The minimum absolute atomic E-state index is 0.252. The summed E-state index contributed by atoms with van der Waals surface area (Å²) in [5, 5.41) is 32.4. The van der Waals surface area contributed by atoms with Crippen LogP contribution in [0.3, 0.4) is 0 Å². The lowest BCUT2D eigenvalue weighted by Crippen LogP contribution is -2.66. The summed E-state index contributed by atoms with van der Waals surface area (Å²) >= 11 is 0. The second-order valence-electron chi connectivity index (χ2n) is 5.45. The second kappa shape index (κ2) is 7.00. The average molecular weight is 294 g/mol. The molecule has 21 heavy (non-hydrogen) atoms. The van der Waals surface area contributed by atoms with Gasteiger partial charge in [0.15, 0.2) is 0 Å². The van der Waals surface area contributed by atoms with Crippen LogP contribution in [0.25, 0.3) is 0 Å². The maximum Gasteiger partial charge on any atom is 0.217 e. The van der Waals surface area contributed by atoms with Crippen LogP contribution in [0.5, 0.6) is 0 Å². The van der Waals surface area contributed by atoms with E-state index < -0.39 is 24.3 Å². The summed E-state index contributed by atoms with van der Waals surface area (Å²) in [6, 6.07) is 8.57. The Morgan fingerprint density at radius 2 is 1.95 bits per heavy atom. The largest absolute Gasteiger partial charge is 0.395 e. The number of hydrogen-bond donors (Lipinski definition) is 4. The van der Waals surface area contributed by atoms with E-state index in [0.717, 1.165) is 5.56 Å². The molecule has 1 aromatic rings. The highest BCUT2D eigenvalue weighted by Crippen LogP contribution is 2.21. The number of nitrogens with zero attached hydrogens (tertiary/aromatic N) is 1. The standard InChI is InChI=1S/C15H22N2O4/c1-10(19)16-12-8-17(7-11-5-3-2-4-6-11)13(9-18)15(21)14(12)20/h2-6,12-15,18,20-21H,7-9H2,1H3,(H,16,19). The Hall–Kier alpha value is -1.47. The SMILES string of the molecule is CC(=O)NC1CN(Cc2ccccc2)C(CO)C(O)C1O. The second-order valence-corrected chi connectivity index (χ2v) is 5.45. The molecule has 1 saturated heterocycles. The van der Waals surface area contributed by atoms with Crippen LogP contribution in [-0.2, 0) is 11.3 Å². The van der Waals surface area contributed by atoms with Crippen molar-refractivity contribution in [1.82, 2.24) is 10.2 Å². The molecular weight excluding hydrogens is 272 g/mol. The zero-order valence-electron chi connectivity index (χ0n) is 12.0. The minimum Gasteiger partial charge on any atom is -0.395 e. The molecule has 1 aliphatic rings. The van der Waals surface area contributed by atoms with Gasteiger partial charge < -0.3 is 20.6 Å². The monoisotopic (exact) mass is 294 g/mol. The first-order valence-corrected chi connectivity index (χ1v) is 7.05. The molecule has 1 aromatic carbocycles. The van der Waals surface area contributed by atoms with Crippen molar-refractivity contribution in [3.8, 4) is 0 Å². The first kappa shape index (κ1) is 15.9. The Labute approximate surface area is 124 Å². The summed E-state index contributed by atoms with van der Waals surface area (Å²) < 4.78 is 0. The summed E-state index contributed by atoms with van der Waals surface area (Å²) in [5.74, 6) is -0.256. The van der Waals surface area contributed by atoms with E-state index in [1.165, 1.54) is 6.92 Å². The van der Waals surface area contributed by atoms with Crippen LogP contribution in [0, 0.1) is 0 Å². The van der Waals surface area contributed by atoms with Crippen molar-refractivity contribution in [2.75, 3.05) is 13.2 Å². The van der Waals surface area contributed by atoms with Gasteiger partial charge in [-0.25, -0.2) is 0 Å². The van der Waals surface area contributed by atoms with E-state index in [2.05, 4.69) is 5.32 Å². The molecule has 0 radical (unpaired) electrons. The summed E-state index contributed by atoms with van der Waals surface area (Å²) in [7, 11) is 0. The van der Waals surface area contributed by atoms with Gasteiger partial charge in [-0.1, -0.05) is 30.3 Å². The molecule has 0 spiro atoms. The molecular formula is C15H22N2O4. The summed E-state index contributed by atoms with van der Waals surface area (Å²) in [4.78, 5) is 13.1. The predicted octanol–water partition coefficient (Wildman–Crippen LogP) is -0.910. The molecule has 1 fully saturated rings. The third-order valence-electron chi connectivity index (χ3n) is 3.86. The molecule has 4 unspecified atom stereocenters. The van der Waals surface area contributed by atoms with Crippen LogP contribution in [0.1, 0.15) is 12.5 Å². The fraction of sp³-hybridized carbons (Fsp3) is 0.533. The number of hydrogen-bond acceptors (Lipinski definition) is 5. The van der Waals surface area contributed by atoms with Crippen molar-refractivity contribution in [3.63, 3.8) is 0 Å². The van der Waals surface area contributed by atoms with Gasteiger partial charge in [0.25, 0.3) is 0 Å². The molecule has 0 aromatic heterocycles. The summed E-state index contributed by atoms with van der Waals surface area (Å²) in [5.41, 5.74) is 1.04. The minimum atomic E-state index is -1.11. The van der Waals surface area contributed by atoms with Gasteiger partial charge >= 0.3 is 0 Å². The van der Waals surface area contributed by atoms with Crippen molar-refractivity contribution in [2.45, 2.75) is 37.8 Å². The molecule has 4 N–H and O–H groups in total. The molecule has 0 saturated carbocycles. The van der Waals surface area contributed by atoms with Gasteiger partial charge in [-0.05, 0) is 5.56 Å². The lowest BCUT2D eigenvalue weighted by atomic mass is 9.92. The van der Waals surface area contributed by atoms with Gasteiger partial charge in [-0.15, -0.1) is 0 Å². The van der Waals surface area contributed by atoms with Gasteiger partial charge in [0, 0.05) is 20.0 Å². The van der Waals surface area contributed by atoms with E-state index in [0.29, 0.717) is 13.1 Å². The number of nitrogens with one attached hydrogen (secondary N) is 1. The van der Waals surface area contributed by atoms with E-state index in [4.69, 9.17) is 0 Å². The first-order chi connectivity index (χ1) is 10.0.